The number of rotatable bonds is 4. The molecule has 3 atom stereocenters. The van der Waals surface area contributed by atoms with Crippen molar-refractivity contribution in [2.45, 2.75) is 36.6 Å². The Labute approximate surface area is 124 Å². The van der Waals surface area contributed by atoms with Crippen LogP contribution in [0.5, 0.6) is 5.75 Å². The van der Waals surface area contributed by atoms with E-state index in [-0.39, 0.29) is 10.9 Å². The zero-order valence-corrected chi connectivity index (χ0v) is 12.9. The molecule has 2 fully saturated rings. The van der Waals surface area contributed by atoms with Crippen LogP contribution in [0.25, 0.3) is 0 Å². The number of methoxy groups -OCH3 is 1. The van der Waals surface area contributed by atoms with Gasteiger partial charge in [0.05, 0.1) is 17.0 Å². The minimum Gasteiger partial charge on any atom is -0.495 e. The monoisotopic (exact) mass is 315 g/mol. The van der Waals surface area contributed by atoms with Crippen molar-refractivity contribution in [2.24, 2.45) is 11.8 Å². The lowest BCUT2D eigenvalue weighted by molar-refractivity contribution is 0.390. The molecule has 6 heteroatoms. The summed E-state index contributed by atoms with van der Waals surface area (Å²) in [5.41, 5.74) is 0. The summed E-state index contributed by atoms with van der Waals surface area (Å²) in [6.07, 6.45) is 4.52. The van der Waals surface area contributed by atoms with Crippen molar-refractivity contribution in [1.29, 1.82) is 0 Å². The molecule has 0 unspecified atom stereocenters. The van der Waals surface area contributed by atoms with Gasteiger partial charge in [0, 0.05) is 6.04 Å². The van der Waals surface area contributed by atoms with Crippen molar-refractivity contribution in [1.82, 2.24) is 4.72 Å². The van der Waals surface area contributed by atoms with Crippen LogP contribution < -0.4 is 9.46 Å². The first-order chi connectivity index (χ1) is 9.49. The average molecular weight is 316 g/mol. The fourth-order valence-corrected chi connectivity index (χ4v) is 5.14. The molecule has 3 rings (SSSR count). The molecule has 20 heavy (non-hydrogen) atoms. The first-order valence-electron chi connectivity index (χ1n) is 6.85. The smallest absolute Gasteiger partial charge is 0.240 e. The second-order valence-electron chi connectivity index (χ2n) is 5.70. The van der Waals surface area contributed by atoms with Crippen LogP contribution in [-0.4, -0.2) is 21.6 Å². The van der Waals surface area contributed by atoms with Crippen molar-refractivity contribution in [3.8, 4) is 5.75 Å². The molecule has 0 spiro atoms. The molecule has 0 saturated heterocycles. The van der Waals surface area contributed by atoms with Gasteiger partial charge >= 0.3 is 0 Å². The highest BCUT2D eigenvalue weighted by Gasteiger charge is 2.41. The third-order valence-corrected chi connectivity index (χ3v) is 6.26. The molecule has 0 aliphatic heterocycles. The van der Waals surface area contributed by atoms with Crippen LogP contribution >= 0.6 is 11.6 Å². The van der Waals surface area contributed by atoms with Crippen LogP contribution in [0, 0.1) is 11.8 Å². The van der Waals surface area contributed by atoms with E-state index in [1.165, 1.54) is 25.7 Å². The summed E-state index contributed by atoms with van der Waals surface area (Å²) in [7, 11) is -2.00. The van der Waals surface area contributed by atoms with Crippen molar-refractivity contribution in [3.05, 3.63) is 23.2 Å². The second-order valence-corrected chi connectivity index (χ2v) is 7.82. The predicted molar refractivity (Wildman–Crippen MR) is 77.6 cm³/mol. The fourth-order valence-electron chi connectivity index (χ4n) is 3.47. The van der Waals surface area contributed by atoms with E-state index in [4.69, 9.17) is 16.3 Å². The van der Waals surface area contributed by atoms with Crippen LogP contribution in [0.3, 0.4) is 0 Å². The van der Waals surface area contributed by atoms with Crippen LogP contribution in [0.1, 0.15) is 25.7 Å². The topological polar surface area (TPSA) is 55.4 Å². The molecule has 2 aliphatic carbocycles. The second kappa shape index (κ2) is 5.20. The van der Waals surface area contributed by atoms with Crippen molar-refractivity contribution in [2.75, 3.05) is 7.11 Å². The average Bonchev–Trinajstić information content (AvgIpc) is 3.00. The molecule has 2 aliphatic rings. The van der Waals surface area contributed by atoms with Gasteiger partial charge in [-0.3, -0.25) is 0 Å². The van der Waals surface area contributed by atoms with Crippen LogP contribution in [0.4, 0.5) is 0 Å². The summed E-state index contributed by atoms with van der Waals surface area (Å²) < 4.78 is 32.7. The molecule has 0 amide bonds. The van der Waals surface area contributed by atoms with E-state index < -0.39 is 10.0 Å². The third kappa shape index (κ3) is 2.54. The maximum atomic E-state index is 12.4. The zero-order chi connectivity index (χ0) is 14.3. The molecular formula is C14H18ClNO3S. The summed E-state index contributed by atoms with van der Waals surface area (Å²) >= 11 is 6.00. The lowest BCUT2D eigenvalue weighted by Crippen LogP contribution is -2.38. The van der Waals surface area contributed by atoms with E-state index >= 15 is 0 Å². The van der Waals surface area contributed by atoms with Crippen LogP contribution in [-0.2, 0) is 10.0 Å². The lowest BCUT2D eigenvalue weighted by atomic mass is 9.96. The van der Waals surface area contributed by atoms with E-state index in [2.05, 4.69) is 4.72 Å². The fraction of sp³-hybridized carbons (Fsp3) is 0.571. The minimum absolute atomic E-state index is 0.0830. The SMILES string of the molecule is COc1ccc(S(=O)(=O)N[C@@H]2C[C@H]3CC[C@@H]2C3)cc1Cl. The van der Waals surface area contributed by atoms with Crippen molar-refractivity contribution in [3.63, 3.8) is 0 Å². The number of halogens is 1. The molecule has 1 N–H and O–H groups in total. The van der Waals surface area contributed by atoms with Gasteiger partial charge in [0.25, 0.3) is 0 Å². The quantitative estimate of drug-likeness (QED) is 0.929. The largest absolute Gasteiger partial charge is 0.495 e. The Morgan fingerprint density at radius 2 is 2.10 bits per heavy atom. The highest BCUT2D eigenvalue weighted by Crippen LogP contribution is 2.44. The summed E-state index contributed by atoms with van der Waals surface area (Å²) in [6.45, 7) is 0. The summed E-state index contributed by atoms with van der Waals surface area (Å²) in [6, 6.07) is 4.63. The van der Waals surface area contributed by atoms with Gasteiger partial charge in [0.15, 0.2) is 0 Å². The van der Waals surface area contributed by atoms with Gasteiger partial charge in [-0.1, -0.05) is 18.0 Å². The number of hydrogen-bond donors (Lipinski definition) is 1. The Balaban J connectivity index is 1.79. The van der Waals surface area contributed by atoms with Gasteiger partial charge in [-0.2, -0.15) is 0 Å². The van der Waals surface area contributed by atoms with E-state index in [9.17, 15) is 8.42 Å². The highest BCUT2D eigenvalue weighted by atomic mass is 35.5. The Morgan fingerprint density at radius 1 is 1.30 bits per heavy atom. The summed E-state index contributed by atoms with van der Waals surface area (Å²) in [4.78, 5) is 0.200. The zero-order valence-electron chi connectivity index (χ0n) is 11.3. The van der Waals surface area contributed by atoms with Crippen molar-refractivity contribution < 1.29 is 13.2 Å². The van der Waals surface area contributed by atoms with E-state index in [1.807, 2.05) is 0 Å². The third-order valence-electron chi connectivity index (χ3n) is 4.48. The predicted octanol–water partition coefficient (Wildman–Crippen LogP) is 2.82. The molecule has 4 nitrogen and oxygen atoms in total. The van der Waals surface area contributed by atoms with Gasteiger partial charge in [0.2, 0.25) is 10.0 Å². The summed E-state index contributed by atoms with van der Waals surface area (Å²) in [5, 5.41) is 0.309. The molecule has 110 valence electrons. The maximum Gasteiger partial charge on any atom is 0.240 e. The van der Waals surface area contributed by atoms with E-state index in [1.54, 1.807) is 6.07 Å². The Bertz CT molecular complexity index is 617. The maximum absolute atomic E-state index is 12.4. The number of ether oxygens (including phenoxy) is 1. The number of sulfonamides is 1. The molecule has 1 aromatic rings. The van der Waals surface area contributed by atoms with Gasteiger partial charge in [0.1, 0.15) is 5.75 Å². The lowest BCUT2D eigenvalue weighted by Gasteiger charge is -2.22. The Hall–Kier alpha value is -0.780. The molecule has 2 saturated carbocycles. The normalized spacial score (nSPS) is 28.8. The highest BCUT2D eigenvalue weighted by molar-refractivity contribution is 7.89. The number of hydrogen-bond acceptors (Lipinski definition) is 3. The molecule has 0 heterocycles. The minimum atomic E-state index is -3.50. The van der Waals surface area contributed by atoms with Gasteiger partial charge in [-0.15, -0.1) is 0 Å². The Kier molecular flexibility index (Phi) is 3.69. The first-order valence-corrected chi connectivity index (χ1v) is 8.71. The number of benzene rings is 1. The summed E-state index contributed by atoms with van der Waals surface area (Å²) in [5.74, 6) is 1.68. The van der Waals surface area contributed by atoms with Crippen molar-refractivity contribution >= 4 is 21.6 Å². The van der Waals surface area contributed by atoms with Gasteiger partial charge in [-0.05, 0) is 49.3 Å². The van der Waals surface area contributed by atoms with Gasteiger partial charge in [-0.25, -0.2) is 13.1 Å². The molecule has 0 radical (unpaired) electrons. The first kappa shape index (κ1) is 14.2. The standard InChI is InChI=1S/C14H18ClNO3S/c1-19-14-5-4-11(8-12(14)15)20(17,18)16-13-7-9-2-3-10(13)6-9/h4-5,8-10,13,16H,2-3,6-7H2,1H3/t9-,10+,13+/m0/s1. The Morgan fingerprint density at radius 3 is 2.65 bits per heavy atom. The molecule has 2 bridgehead atoms. The molecular weight excluding hydrogens is 298 g/mol. The van der Waals surface area contributed by atoms with E-state index in [0.29, 0.717) is 22.6 Å². The molecule has 1 aromatic carbocycles. The van der Waals surface area contributed by atoms with E-state index in [0.717, 1.165) is 19.3 Å². The molecule has 0 aromatic heterocycles. The number of fused-ring (bicyclic) bond motifs is 2. The van der Waals surface area contributed by atoms with Crippen LogP contribution in [0.15, 0.2) is 23.1 Å². The van der Waals surface area contributed by atoms with Gasteiger partial charge < -0.3 is 4.74 Å². The number of nitrogens with one attached hydrogen (secondary N) is 1. The van der Waals surface area contributed by atoms with Crippen LogP contribution in [0.2, 0.25) is 5.02 Å².